The highest BCUT2D eigenvalue weighted by Crippen LogP contribution is 2.31. The Labute approximate surface area is 140 Å². The highest BCUT2D eigenvalue weighted by atomic mass is 19.1. The predicted octanol–water partition coefficient (Wildman–Crippen LogP) is 1.54. The number of piperidine rings is 1. The van der Waals surface area contributed by atoms with Gasteiger partial charge in [-0.2, -0.15) is 0 Å². The standard InChI is InChI=1S/C17H21FN2O4/c1-13(21)20(15-5-3-2-4-14(15)18)12-16(22)19-8-6-17(7-9-19)23-10-11-24-17/h2-5H,6-12H2,1H3. The van der Waals surface area contributed by atoms with E-state index in [1.54, 1.807) is 17.0 Å². The van der Waals surface area contributed by atoms with Crippen LogP contribution in [0.15, 0.2) is 24.3 Å². The van der Waals surface area contributed by atoms with Gasteiger partial charge in [0.25, 0.3) is 0 Å². The zero-order chi connectivity index (χ0) is 17.2. The molecule has 1 spiro atoms. The van der Waals surface area contributed by atoms with Gasteiger partial charge in [0.1, 0.15) is 12.4 Å². The SMILES string of the molecule is CC(=O)N(CC(=O)N1CCC2(CC1)OCCO2)c1ccccc1F. The van der Waals surface area contributed by atoms with Gasteiger partial charge in [-0.3, -0.25) is 9.59 Å². The lowest BCUT2D eigenvalue weighted by atomic mass is 10.0. The first-order valence-corrected chi connectivity index (χ1v) is 8.09. The summed E-state index contributed by atoms with van der Waals surface area (Å²) in [5.41, 5.74) is 0.120. The number of halogens is 1. The Morgan fingerprint density at radius 1 is 1.21 bits per heavy atom. The molecule has 130 valence electrons. The van der Waals surface area contributed by atoms with E-state index >= 15 is 0 Å². The lowest BCUT2D eigenvalue weighted by Crippen LogP contribution is -2.50. The average Bonchev–Trinajstić information content (AvgIpc) is 3.02. The lowest BCUT2D eigenvalue weighted by molar-refractivity contribution is -0.187. The molecule has 0 atom stereocenters. The molecule has 2 aliphatic rings. The van der Waals surface area contributed by atoms with Gasteiger partial charge in [-0.1, -0.05) is 12.1 Å². The minimum Gasteiger partial charge on any atom is -0.347 e. The van der Waals surface area contributed by atoms with Gasteiger partial charge in [-0.25, -0.2) is 4.39 Å². The summed E-state index contributed by atoms with van der Waals surface area (Å²) in [6.45, 7) is 3.32. The van der Waals surface area contributed by atoms with Gasteiger partial charge in [0, 0.05) is 32.9 Å². The first kappa shape index (κ1) is 16.9. The van der Waals surface area contributed by atoms with E-state index in [0.29, 0.717) is 39.1 Å². The number of hydrogen-bond donors (Lipinski definition) is 0. The van der Waals surface area contributed by atoms with Gasteiger partial charge in [-0.05, 0) is 12.1 Å². The molecule has 1 aromatic carbocycles. The number of carbonyl (C=O) groups is 2. The molecule has 2 aliphatic heterocycles. The summed E-state index contributed by atoms with van der Waals surface area (Å²) < 4.78 is 25.2. The fraction of sp³-hybridized carbons (Fsp3) is 0.529. The van der Waals surface area contributed by atoms with Crippen molar-refractivity contribution in [2.24, 2.45) is 0 Å². The van der Waals surface area contributed by atoms with Crippen LogP contribution in [0.25, 0.3) is 0 Å². The van der Waals surface area contributed by atoms with Crippen LogP contribution >= 0.6 is 0 Å². The number of anilines is 1. The van der Waals surface area contributed by atoms with E-state index in [-0.39, 0.29) is 24.0 Å². The molecule has 0 aromatic heterocycles. The maximum absolute atomic E-state index is 13.9. The van der Waals surface area contributed by atoms with Gasteiger partial charge in [-0.15, -0.1) is 0 Å². The average molecular weight is 336 g/mol. The lowest BCUT2D eigenvalue weighted by Gasteiger charge is -2.38. The molecule has 3 rings (SSSR count). The molecule has 0 aliphatic carbocycles. The maximum Gasteiger partial charge on any atom is 0.242 e. The Morgan fingerprint density at radius 2 is 1.83 bits per heavy atom. The second-order valence-electron chi connectivity index (χ2n) is 6.04. The van der Waals surface area contributed by atoms with Crippen molar-refractivity contribution < 1.29 is 23.5 Å². The van der Waals surface area contributed by atoms with Crippen LogP contribution in [0.4, 0.5) is 10.1 Å². The molecule has 0 N–H and O–H groups in total. The highest BCUT2D eigenvalue weighted by Gasteiger charge is 2.41. The van der Waals surface area contributed by atoms with Crippen molar-refractivity contribution in [3.05, 3.63) is 30.1 Å². The number of rotatable bonds is 3. The topological polar surface area (TPSA) is 59.1 Å². The quantitative estimate of drug-likeness (QED) is 0.840. The van der Waals surface area contributed by atoms with Crippen molar-refractivity contribution in [2.75, 3.05) is 37.7 Å². The van der Waals surface area contributed by atoms with Crippen LogP contribution in [0.2, 0.25) is 0 Å². The summed E-state index contributed by atoms with van der Waals surface area (Å²) in [6.07, 6.45) is 1.22. The Bertz CT molecular complexity index is 621. The van der Waals surface area contributed by atoms with Gasteiger partial charge in [0.15, 0.2) is 5.79 Å². The summed E-state index contributed by atoms with van der Waals surface area (Å²) in [4.78, 5) is 27.2. The summed E-state index contributed by atoms with van der Waals surface area (Å²) in [5, 5.41) is 0. The number of nitrogens with zero attached hydrogens (tertiary/aromatic N) is 2. The zero-order valence-corrected chi connectivity index (χ0v) is 13.7. The number of hydrogen-bond acceptors (Lipinski definition) is 4. The fourth-order valence-electron chi connectivity index (χ4n) is 3.15. The predicted molar refractivity (Wildman–Crippen MR) is 84.9 cm³/mol. The van der Waals surface area contributed by atoms with E-state index in [0.717, 1.165) is 0 Å². The smallest absolute Gasteiger partial charge is 0.242 e. The second-order valence-corrected chi connectivity index (χ2v) is 6.04. The van der Waals surface area contributed by atoms with E-state index < -0.39 is 11.6 Å². The van der Waals surface area contributed by atoms with E-state index in [4.69, 9.17) is 9.47 Å². The fourth-order valence-corrected chi connectivity index (χ4v) is 3.15. The van der Waals surface area contributed by atoms with Crippen LogP contribution in [0.5, 0.6) is 0 Å². The number of likely N-dealkylation sites (tertiary alicyclic amines) is 1. The number of benzene rings is 1. The van der Waals surface area contributed by atoms with Gasteiger partial charge < -0.3 is 19.3 Å². The molecule has 2 heterocycles. The summed E-state index contributed by atoms with van der Waals surface area (Å²) in [7, 11) is 0. The first-order chi connectivity index (χ1) is 11.5. The van der Waals surface area contributed by atoms with Gasteiger partial charge in [0.2, 0.25) is 11.8 Å². The normalized spacial score (nSPS) is 19.5. The summed E-state index contributed by atoms with van der Waals surface area (Å²) >= 11 is 0. The zero-order valence-electron chi connectivity index (χ0n) is 13.7. The molecule has 2 amide bonds. The third kappa shape index (κ3) is 3.42. The molecule has 0 unspecified atom stereocenters. The van der Waals surface area contributed by atoms with Gasteiger partial charge in [0.05, 0.1) is 18.9 Å². The van der Waals surface area contributed by atoms with E-state index in [1.165, 1.54) is 24.0 Å². The van der Waals surface area contributed by atoms with E-state index in [1.807, 2.05) is 0 Å². The molecule has 7 heteroatoms. The molecule has 2 fully saturated rings. The van der Waals surface area contributed by atoms with Crippen molar-refractivity contribution in [2.45, 2.75) is 25.6 Å². The van der Waals surface area contributed by atoms with E-state index in [9.17, 15) is 14.0 Å². The molecular weight excluding hydrogens is 315 g/mol. The molecule has 1 aromatic rings. The molecule has 24 heavy (non-hydrogen) atoms. The first-order valence-electron chi connectivity index (χ1n) is 8.09. The summed E-state index contributed by atoms with van der Waals surface area (Å²) in [6, 6.07) is 5.95. The van der Waals surface area contributed by atoms with Crippen LogP contribution in [0.3, 0.4) is 0 Å². The number of ether oxygens (including phenoxy) is 2. The minimum atomic E-state index is -0.553. The molecule has 2 saturated heterocycles. The van der Waals surface area contributed by atoms with E-state index in [2.05, 4.69) is 0 Å². The third-order valence-corrected chi connectivity index (χ3v) is 4.51. The Kier molecular flexibility index (Phi) is 4.82. The van der Waals surface area contributed by atoms with Crippen LogP contribution in [-0.4, -0.2) is 55.3 Å². The maximum atomic E-state index is 13.9. The summed E-state index contributed by atoms with van der Waals surface area (Å²) in [5.74, 6) is -1.65. The third-order valence-electron chi connectivity index (χ3n) is 4.51. The van der Waals surface area contributed by atoms with Crippen LogP contribution in [0.1, 0.15) is 19.8 Å². The van der Waals surface area contributed by atoms with Crippen molar-refractivity contribution in [3.8, 4) is 0 Å². The van der Waals surface area contributed by atoms with Crippen molar-refractivity contribution in [3.63, 3.8) is 0 Å². The molecular formula is C17H21FN2O4. The van der Waals surface area contributed by atoms with Crippen LogP contribution in [0, 0.1) is 5.82 Å². The Morgan fingerprint density at radius 3 is 2.42 bits per heavy atom. The second kappa shape index (κ2) is 6.86. The van der Waals surface area contributed by atoms with Crippen molar-refractivity contribution in [1.82, 2.24) is 4.90 Å². The molecule has 6 nitrogen and oxygen atoms in total. The molecule has 0 bridgehead atoms. The Hall–Kier alpha value is -1.99. The van der Waals surface area contributed by atoms with Gasteiger partial charge >= 0.3 is 0 Å². The number of para-hydroxylation sites is 1. The number of carbonyl (C=O) groups excluding carboxylic acids is 2. The molecule has 0 radical (unpaired) electrons. The van der Waals surface area contributed by atoms with Crippen LogP contribution < -0.4 is 4.90 Å². The van der Waals surface area contributed by atoms with Crippen molar-refractivity contribution >= 4 is 17.5 Å². The Balaban J connectivity index is 1.64. The van der Waals surface area contributed by atoms with Crippen LogP contribution in [-0.2, 0) is 19.1 Å². The highest BCUT2D eigenvalue weighted by molar-refractivity contribution is 5.97. The molecule has 0 saturated carbocycles. The largest absolute Gasteiger partial charge is 0.347 e. The monoisotopic (exact) mass is 336 g/mol. The van der Waals surface area contributed by atoms with Crippen molar-refractivity contribution in [1.29, 1.82) is 0 Å². The number of amides is 2. The minimum absolute atomic E-state index is 0.120.